The third-order valence-electron chi connectivity index (χ3n) is 4.20. The number of ether oxygens (including phenoxy) is 1. The highest BCUT2D eigenvalue weighted by Crippen LogP contribution is 2.35. The van der Waals surface area contributed by atoms with Gasteiger partial charge in [0.1, 0.15) is 0 Å². The molecule has 2 heterocycles. The van der Waals surface area contributed by atoms with Crippen LogP contribution in [0.1, 0.15) is 55.5 Å². The molecule has 1 unspecified atom stereocenters. The standard InChI is InChI=1S/C16H23NO/c1-16(2,3)12-8-11-5-7-18-10-14(11)13(9-12)15-4-6-17-15/h8-9,15,17H,4-7,10H2,1-3H3. The second-order valence-electron chi connectivity index (χ2n) is 6.55. The average Bonchev–Trinajstić information content (AvgIpc) is 2.25. The van der Waals surface area contributed by atoms with E-state index in [2.05, 4.69) is 38.2 Å². The molecule has 1 atom stereocenters. The molecule has 2 heteroatoms. The molecule has 98 valence electrons. The Balaban J connectivity index is 2.09. The van der Waals surface area contributed by atoms with E-state index in [1.807, 2.05) is 0 Å². The summed E-state index contributed by atoms with van der Waals surface area (Å²) in [6.45, 7) is 9.72. The Morgan fingerprint density at radius 3 is 2.67 bits per heavy atom. The fourth-order valence-electron chi connectivity index (χ4n) is 2.81. The fourth-order valence-corrected chi connectivity index (χ4v) is 2.81. The van der Waals surface area contributed by atoms with Crippen LogP contribution in [0, 0.1) is 0 Å². The molecule has 2 nitrogen and oxygen atoms in total. The molecule has 0 bridgehead atoms. The molecule has 2 aliphatic rings. The van der Waals surface area contributed by atoms with Gasteiger partial charge in [0.25, 0.3) is 0 Å². The predicted octanol–water partition coefficient (Wildman–Crippen LogP) is 3.09. The Morgan fingerprint density at radius 2 is 2.06 bits per heavy atom. The van der Waals surface area contributed by atoms with Gasteiger partial charge in [-0.1, -0.05) is 32.9 Å². The smallest absolute Gasteiger partial charge is 0.0722 e. The van der Waals surface area contributed by atoms with Crippen LogP contribution < -0.4 is 5.32 Å². The first-order valence-electron chi connectivity index (χ1n) is 7.03. The number of rotatable bonds is 1. The highest BCUT2D eigenvalue weighted by atomic mass is 16.5. The summed E-state index contributed by atoms with van der Waals surface area (Å²) in [5.41, 5.74) is 6.14. The molecule has 0 spiro atoms. The zero-order chi connectivity index (χ0) is 12.8. The molecule has 1 aromatic rings. The van der Waals surface area contributed by atoms with E-state index in [9.17, 15) is 0 Å². The van der Waals surface area contributed by atoms with E-state index in [0.717, 1.165) is 26.2 Å². The molecule has 1 saturated heterocycles. The summed E-state index contributed by atoms with van der Waals surface area (Å²) in [4.78, 5) is 0. The lowest BCUT2D eigenvalue weighted by atomic mass is 9.80. The van der Waals surface area contributed by atoms with Crippen molar-refractivity contribution in [2.75, 3.05) is 13.2 Å². The van der Waals surface area contributed by atoms with Gasteiger partial charge in [-0.15, -0.1) is 0 Å². The van der Waals surface area contributed by atoms with Crippen LogP contribution >= 0.6 is 0 Å². The number of fused-ring (bicyclic) bond motifs is 1. The zero-order valence-corrected chi connectivity index (χ0v) is 11.7. The van der Waals surface area contributed by atoms with E-state index in [4.69, 9.17) is 4.74 Å². The number of hydrogen-bond donors (Lipinski definition) is 1. The average molecular weight is 245 g/mol. The summed E-state index contributed by atoms with van der Waals surface area (Å²) in [6.07, 6.45) is 2.33. The van der Waals surface area contributed by atoms with Crippen LogP contribution in [0.3, 0.4) is 0 Å². The zero-order valence-electron chi connectivity index (χ0n) is 11.7. The van der Waals surface area contributed by atoms with E-state index >= 15 is 0 Å². The topological polar surface area (TPSA) is 21.3 Å². The molecule has 0 saturated carbocycles. The largest absolute Gasteiger partial charge is 0.376 e. The van der Waals surface area contributed by atoms with Gasteiger partial charge in [0.05, 0.1) is 13.2 Å². The van der Waals surface area contributed by atoms with E-state index in [1.54, 1.807) is 0 Å². The Bertz CT molecular complexity index is 455. The minimum Gasteiger partial charge on any atom is -0.376 e. The van der Waals surface area contributed by atoms with E-state index < -0.39 is 0 Å². The van der Waals surface area contributed by atoms with Crippen molar-refractivity contribution in [2.24, 2.45) is 0 Å². The minimum absolute atomic E-state index is 0.228. The Labute approximate surface area is 110 Å². The first-order valence-corrected chi connectivity index (χ1v) is 7.03. The first-order chi connectivity index (χ1) is 8.55. The lowest BCUT2D eigenvalue weighted by molar-refractivity contribution is 0.109. The van der Waals surface area contributed by atoms with Gasteiger partial charge in [-0.2, -0.15) is 0 Å². The van der Waals surface area contributed by atoms with Crippen molar-refractivity contribution in [3.8, 4) is 0 Å². The van der Waals surface area contributed by atoms with Crippen molar-refractivity contribution in [2.45, 2.75) is 51.7 Å². The summed E-state index contributed by atoms with van der Waals surface area (Å²) < 4.78 is 5.65. The first kappa shape index (κ1) is 12.2. The summed E-state index contributed by atoms with van der Waals surface area (Å²) >= 11 is 0. The normalized spacial score (nSPS) is 23.4. The number of hydrogen-bond acceptors (Lipinski definition) is 2. The molecule has 0 amide bonds. The van der Waals surface area contributed by atoms with Crippen LogP contribution in [-0.2, 0) is 23.2 Å². The predicted molar refractivity (Wildman–Crippen MR) is 73.9 cm³/mol. The fraction of sp³-hybridized carbons (Fsp3) is 0.625. The molecule has 1 N–H and O–H groups in total. The van der Waals surface area contributed by atoms with Gasteiger partial charge in [0.2, 0.25) is 0 Å². The van der Waals surface area contributed by atoms with Gasteiger partial charge in [-0.05, 0) is 47.1 Å². The van der Waals surface area contributed by atoms with Crippen molar-refractivity contribution in [1.82, 2.24) is 5.32 Å². The van der Waals surface area contributed by atoms with Crippen LogP contribution in [0.4, 0.5) is 0 Å². The molecule has 0 radical (unpaired) electrons. The maximum Gasteiger partial charge on any atom is 0.0722 e. The Morgan fingerprint density at radius 1 is 1.28 bits per heavy atom. The lowest BCUT2D eigenvalue weighted by Gasteiger charge is -2.34. The molecule has 0 aliphatic carbocycles. The van der Waals surface area contributed by atoms with Crippen molar-refractivity contribution >= 4 is 0 Å². The highest BCUT2D eigenvalue weighted by Gasteiger charge is 2.27. The maximum atomic E-state index is 5.65. The third-order valence-corrected chi connectivity index (χ3v) is 4.20. The van der Waals surface area contributed by atoms with Crippen molar-refractivity contribution < 1.29 is 4.74 Å². The van der Waals surface area contributed by atoms with Gasteiger partial charge in [0.15, 0.2) is 0 Å². The van der Waals surface area contributed by atoms with Crippen molar-refractivity contribution in [1.29, 1.82) is 0 Å². The molecule has 18 heavy (non-hydrogen) atoms. The SMILES string of the molecule is CC(C)(C)c1cc2c(c(C3CCN3)c1)COCC2. The monoisotopic (exact) mass is 245 g/mol. The summed E-state index contributed by atoms with van der Waals surface area (Å²) in [7, 11) is 0. The quantitative estimate of drug-likeness (QED) is 0.821. The van der Waals surface area contributed by atoms with Gasteiger partial charge in [-0.25, -0.2) is 0 Å². The summed E-state index contributed by atoms with van der Waals surface area (Å²) in [6, 6.07) is 5.37. The molecule has 2 aliphatic heterocycles. The van der Waals surface area contributed by atoms with E-state index in [-0.39, 0.29) is 5.41 Å². The molecule has 3 rings (SSSR count). The van der Waals surface area contributed by atoms with Crippen LogP contribution in [-0.4, -0.2) is 13.2 Å². The minimum atomic E-state index is 0.228. The van der Waals surface area contributed by atoms with Crippen LogP contribution in [0.2, 0.25) is 0 Å². The van der Waals surface area contributed by atoms with E-state index in [1.165, 1.54) is 28.7 Å². The Hall–Kier alpha value is -0.860. The lowest BCUT2D eigenvalue weighted by Crippen LogP contribution is -2.36. The highest BCUT2D eigenvalue weighted by molar-refractivity contribution is 5.44. The van der Waals surface area contributed by atoms with E-state index in [0.29, 0.717) is 6.04 Å². The molecular formula is C16H23NO. The van der Waals surface area contributed by atoms with Gasteiger partial charge < -0.3 is 10.1 Å². The second kappa shape index (κ2) is 4.36. The van der Waals surface area contributed by atoms with Crippen LogP contribution in [0.15, 0.2) is 12.1 Å². The van der Waals surface area contributed by atoms with Gasteiger partial charge >= 0.3 is 0 Å². The summed E-state index contributed by atoms with van der Waals surface area (Å²) in [5, 5.41) is 3.54. The van der Waals surface area contributed by atoms with Gasteiger partial charge in [-0.3, -0.25) is 0 Å². The molecule has 0 aromatic heterocycles. The van der Waals surface area contributed by atoms with Crippen LogP contribution in [0.5, 0.6) is 0 Å². The van der Waals surface area contributed by atoms with Gasteiger partial charge in [0, 0.05) is 6.04 Å². The third kappa shape index (κ3) is 2.08. The van der Waals surface area contributed by atoms with Crippen molar-refractivity contribution in [3.63, 3.8) is 0 Å². The maximum absolute atomic E-state index is 5.65. The Kier molecular flexibility index (Phi) is 2.95. The van der Waals surface area contributed by atoms with Crippen LogP contribution in [0.25, 0.3) is 0 Å². The summed E-state index contributed by atoms with van der Waals surface area (Å²) in [5.74, 6) is 0. The second-order valence-corrected chi connectivity index (χ2v) is 6.55. The number of benzene rings is 1. The molecular weight excluding hydrogens is 222 g/mol. The number of nitrogens with one attached hydrogen (secondary N) is 1. The molecule has 1 fully saturated rings. The molecule has 1 aromatic carbocycles. The van der Waals surface area contributed by atoms with Crippen molar-refractivity contribution in [3.05, 3.63) is 34.4 Å².